The second-order valence-electron chi connectivity index (χ2n) is 8.71. The van der Waals surface area contributed by atoms with E-state index < -0.39 is 6.04 Å². The third-order valence-corrected chi connectivity index (χ3v) is 7.23. The summed E-state index contributed by atoms with van der Waals surface area (Å²) in [5, 5.41) is 2.95. The van der Waals surface area contributed by atoms with E-state index in [0.29, 0.717) is 37.8 Å². The minimum atomic E-state index is -0.689. The van der Waals surface area contributed by atoms with Crippen LogP contribution in [0.4, 0.5) is 5.69 Å². The number of carbonyl (C=O) groups excluding carboxylic acids is 1. The second-order valence-corrected chi connectivity index (χ2v) is 9.71. The van der Waals surface area contributed by atoms with E-state index in [1.54, 1.807) is 30.7 Å². The highest BCUT2D eigenvalue weighted by Crippen LogP contribution is 2.31. The van der Waals surface area contributed by atoms with E-state index in [0.717, 1.165) is 11.1 Å². The smallest absolute Gasteiger partial charge is 0.271 e. The van der Waals surface area contributed by atoms with E-state index in [9.17, 15) is 9.59 Å². The van der Waals surface area contributed by atoms with Gasteiger partial charge in [-0.1, -0.05) is 65.8 Å². The molecule has 0 fully saturated rings. The van der Waals surface area contributed by atoms with Gasteiger partial charge in [-0.15, -0.1) is 6.42 Å². The maximum Gasteiger partial charge on any atom is 0.271 e. The average molecular weight is 536 g/mol. The molecule has 7 nitrogen and oxygen atoms in total. The van der Waals surface area contributed by atoms with Crippen molar-refractivity contribution in [3.8, 4) is 23.8 Å². The molecule has 1 amide bonds. The van der Waals surface area contributed by atoms with Gasteiger partial charge in [0.1, 0.15) is 18.1 Å². The van der Waals surface area contributed by atoms with Gasteiger partial charge in [-0.05, 0) is 48.9 Å². The van der Waals surface area contributed by atoms with Gasteiger partial charge < -0.3 is 14.8 Å². The highest BCUT2D eigenvalue weighted by molar-refractivity contribution is 7.07. The molecule has 4 aromatic rings. The molecule has 1 atom stereocenters. The number of fused-ring (bicyclic) bond motifs is 1. The zero-order valence-corrected chi connectivity index (χ0v) is 22.2. The molecular weight excluding hydrogens is 510 g/mol. The predicted molar refractivity (Wildman–Crippen MR) is 153 cm³/mol. The fraction of sp³-hybridized carbons (Fsp3) is 0.129. The molecule has 1 aliphatic rings. The third kappa shape index (κ3) is 5.26. The Morgan fingerprint density at radius 2 is 1.82 bits per heavy atom. The van der Waals surface area contributed by atoms with Gasteiger partial charge in [-0.25, -0.2) is 4.99 Å². The number of allylic oxidation sites excluding steroid dienone is 1. The molecule has 194 valence electrons. The van der Waals surface area contributed by atoms with Gasteiger partial charge in [0.2, 0.25) is 0 Å². The molecule has 0 radical (unpaired) electrons. The molecule has 0 aliphatic carbocycles. The van der Waals surface area contributed by atoms with Crippen LogP contribution in [0.2, 0.25) is 0 Å². The summed E-state index contributed by atoms with van der Waals surface area (Å²) >= 11 is 1.26. The van der Waals surface area contributed by atoms with Gasteiger partial charge >= 0.3 is 0 Å². The van der Waals surface area contributed by atoms with Crippen LogP contribution in [0.5, 0.6) is 11.5 Å². The highest BCUT2D eigenvalue weighted by Gasteiger charge is 2.32. The molecule has 0 spiro atoms. The number of amides is 1. The van der Waals surface area contributed by atoms with Crippen LogP contribution in [-0.2, 0) is 4.79 Å². The fourth-order valence-corrected chi connectivity index (χ4v) is 5.46. The van der Waals surface area contributed by atoms with E-state index in [1.807, 2.05) is 72.8 Å². The zero-order valence-electron chi connectivity index (χ0n) is 21.4. The summed E-state index contributed by atoms with van der Waals surface area (Å²) in [5.74, 6) is 3.38. The van der Waals surface area contributed by atoms with Crippen molar-refractivity contribution in [1.29, 1.82) is 0 Å². The van der Waals surface area contributed by atoms with E-state index in [1.165, 1.54) is 11.3 Å². The lowest BCUT2D eigenvalue weighted by molar-refractivity contribution is -0.113. The number of nitrogens with one attached hydrogen (secondary N) is 1. The van der Waals surface area contributed by atoms with Crippen molar-refractivity contribution in [2.75, 3.05) is 19.0 Å². The van der Waals surface area contributed by atoms with Crippen LogP contribution in [0.15, 0.2) is 99.9 Å². The van der Waals surface area contributed by atoms with Gasteiger partial charge in [-0.2, -0.15) is 0 Å². The standard InChI is InChI=1S/C31H25N3O4S/c1-4-18-38-25-13-9-8-10-22(25)19-26-30(36)34-28(21-14-16-24(37-3)17-15-21)27(20(2)32-31(34)39-26)29(35)33-23-11-6-5-7-12-23/h1,5-17,19,28H,18H2,2-3H3,(H,33,35)/b26-19+/t28-/m0/s1. The molecular formula is C31H25N3O4S. The number of ether oxygens (including phenoxy) is 2. The second kappa shape index (κ2) is 11.3. The zero-order chi connectivity index (χ0) is 27.4. The number of carbonyl (C=O) groups is 1. The van der Waals surface area contributed by atoms with Crippen molar-refractivity contribution < 1.29 is 14.3 Å². The number of rotatable bonds is 7. The lowest BCUT2D eigenvalue weighted by Gasteiger charge is -2.25. The quantitative estimate of drug-likeness (QED) is 0.364. The number of hydrogen-bond donors (Lipinski definition) is 1. The van der Waals surface area contributed by atoms with Gasteiger partial charge in [0.05, 0.1) is 29.0 Å². The summed E-state index contributed by atoms with van der Waals surface area (Å²) in [6.07, 6.45) is 7.13. The summed E-state index contributed by atoms with van der Waals surface area (Å²) in [6, 6.07) is 23.2. The minimum absolute atomic E-state index is 0.114. The molecule has 0 saturated carbocycles. The van der Waals surface area contributed by atoms with E-state index >= 15 is 0 Å². The highest BCUT2D eigenvalue weighted by atomic mass is 32.1. The number of terminal acetylenes is 1. The van der Waals surface area contributed by atoms with Crippen molar-refractivity contribution in [1.82, 2.24) is 4.57 Å². The molecule has 1 aliphatic heterocycles. The van der Waals surface area contributed by atoms with Crippen molar-refractivity contribution in [3.05, 3.63) is 121 Å². The molecule has 0 bridgehead atoms. The molecule has 0 saturated heterocycles. The SMILES string of the molecule is C#CCOc1ccccc1/C=c1/sc2n(c1=O)[C@@H](c1ccc(OC)cc1)C(C(=O)Nc1ccccc1)=C(C)N=2. The maximum absolute atomic E-state index is 13.9. The summed E-state index contributed by atoms with van der Waals surface area (Å²) in [7, 11) is 1.59. The maximum atomic E-state index is 13.9. The van der Waals surface area contributed by atoms with Gasteiger partial charge in [-0.3, -0.25) is 14.2 Å². The summed E-state index contributed by atoms with van der Waals surface area (Å²) < 4.78 is 13.0. The largest absolute Gasteiger partial charge is 0.497 e. The van der Waals surface area contributed by atoms with Gasteiger partial charge in [0, 0.05) is 11.3 Å². The summed E-state index contributed by atoms with van der Waals surface area (Å²) in [6.45, 7) is 1.90. The summed E-state index contributed by atoms with van der Waals surface area (Å²) in [5.41, 5.74) is 2.79. The first-order chi connectivity index (χ1) is 19.0. The topological polar surface area (TPSA) is 81.9 Å². The number of hydrogen-bond acceptors (Lipinski definition) is 6. The number of nitrogens with zero attached hydrogens (tertiary/aromatic N) is 2. The van der Waals surface area contributed by atoms with Crippen LogP contribution in [0.25, 0.3) is 6.08 Å². The van der Waals surface area contributed by atoms with Gasteiger partial charge in [0.15, 0.2) is 4.80 Å². The Hall–Kier alpha value is -4.87. The van der Waals surface area contributed by atoms with Crippen LogP contribution in [0.1, 0.15) is 24.1 Å². The van der Waals surface area contributed by atoms with E-state index in [4.69, 9.17) is 20.9 Å². The van der Waals surface area contributed by atoms with Crippen LogP contribution in [-0.4, -0.2) is 24.2 Å². The van der Waals surface area contributed by atoms with Gasteiger partial charge in [0.25, 0.3) is 11.5 Å². The Morgan fingerprint density at radius 1 is 1.10 bits per heavy atom. The number of aromatic nitrogens is 1. The third-order valence-electron chi connectivity index (χ3n) is 6.25. The van der Waals surface area contributed by atoms with E-state index in [-0.39, 0.29) is 18.1 Å². The molecule has 3 aromatic carbocycles. The molecule has 2 heterocycles. The first-order valence-electron chi connectivity index (χ1n) is 12.2. The molecule has 8 heteroatoms. The van der Waals surface area contributed by atoms with Crippen LogP contribution in [0.3, 0.4) is 0 Å². The normalized spacial score (nSPS) is 14.7. The Labute approximate surface area is 229 Å². The molecule has 0 unspecified atom stereocenters. The lowest BCUT2D eigenvalue weighted by atomic mass is 9.95. The summed E-state index contributed by atoms with van der Waals surface area (Å²) in [4.78, 5) is 32.8. The number of thiazole rings is 1. The first kappa shape index (κ1) is 25.8. The molecule has 39 heavy (non-hydrogen) atoms. The van der Waals surface area contributed by atoms with Crippen LogP contribution < -0.4 is 29.7 Å². The number of benzene rings is 3. The Bertz CT molecular complexity index is 1780. The molecule has 1 aromatic heterocycles. The van der Waals surface area contributed by atoms with Crippen molar-refractivity contribution >= 4 is 29.0 Å². The fourth-order valence-electron chi connectivity index (χ4n) is 4.43. The average Bonchev–Trinajstić information content (AvgIpc) is 3.26. The van der Waals surface area contributed by atoms with Crippen molar-refractivity contribution in [2.24, 2.45) is 4.99 Å². The number of para-hydroxylation sites is 2. The Kier molecular flexibility index (Phi) is 7.43. The predicted octanol–water partition coefficient (Wildman–Crippen LogP) is 3.89. The van der Waals surface area contributed by atoms with E-state index in [2.05, 4.69) is 11.2 Å². The van der Waals surface area contributed by atoms with Crippen LogP contribution >= 0.6 is 11.3 Å². The van der Waals surface area contributed by atoms with Crippen molar-refractivity contribution in [3.63, 3.8) is 0 Å². The number of methoxy groups -OCH3 is 1. The van der Waals surface area contributed by atoms with Crippen LogP contribution in [0, 0.1) is 12.3 Å². The molecule has 5 rings (SSSR count). The monoisotopic (exact) mass is 535 g/mol. The first-order valence-corrected chi connectivity index (χ1v) is 13.0. The Morgan fingerprint density at radius 3 is 2.54 bits per heavy atom. The molecule has 1 N–H and O–H groups in total. The van der Waals surface area contributed by atoms with Crippen molar-refractivity contribution in [2.45, 2.75) is 13.0 Å². The Balaban J connectivity index is 1.66. The minimum Gasteiger partial charge on any atom is -0.497 e. The number of anilines is 1. The lowest BCUT2D eigenvalue weighted by Crippen LogP contribution is -2.40.